The van der Waals surface area contributed by atoms with Crippen LogP contribution in [0.1, 0.15) is 12.8 Å². The Morgan fingerprint density at radius 2 is 2.14 bits per heavy atom. The molecule has 0 radical (unpaired) electrons. The maximum Gasteiger partial charge on any atom is 0.227 e. The monoisotopic (exact) mass is 196 g/mol. The van der Waals surface area contributed by atoms with Crippen LogP contribution >= 0.6 is 0 Å². The Morgan fingerprint density at radius 1 is 1.36 bits per heavy atom. The number of nitrogens with zero attached hydrogens (tertiary/aromatic N) is 1. The molecular weight excluding hydrogens is 180 g/mol. The van der Waals surface area contributed by atoms with Crippen molar-refractivity contribution in [3.63, 3.8) is 0 Å². The maximum absolute atomic E-state index is 12.1. The van der Waals surface area contributed by atoms with Crippen molar-refractivity contribution in [2.45, 2.75) is 24.9 Å². The Hall–Kier alpha value is -0.610. The molecule has 78 valence electrons. The van der Waals surface area contributed by atoms with E-state index in [0.717, 1.165) is 39.1 Å². The van der Waals surface area contributed by atoms with Crippen molar-refractivity contribution in [2.75, 3.05) is 26.3 Å². The molecule has 3 rings (SSSR count). The van der Waals surface area contributed by atoms with E-state index in [9.17, 15) is 4.79 Å². The fourth-order valence-corrected chi connectivity index (χ4v) is 2.77. The fourth-order valence-electron chi connectivity index (χ4n) is 2.77. The molecule has 1 amide bonds. The predicted octanol–water partition coefficient (Wildman–Crippen LogP) is -0.404. The number of hydrogen-bond donors (Lipinski definition) is 1. The third kappa shape index (κ3) is 1.17. The van der Waals surface area contributed by atoms with Crippen molar-refractivity contribution < 1.29 is 9.53 Å². The molecule has 4 nitrogen and oxygen atoms in total. The first-order valence-corrected chi connectivity index (χ1v) is 5.47. The minimum atomic E-state index is 0.235. The van der Waals surface area contributed by atoms with Crippen LogP contribution in [0, 0.1) is 5.92 Å². The highest BCUT2D eigenvalue weighted by Crippen LogP contribution is 2.32. The zero-order valence-corrected chi connectivity index (χ0v) is 8.24. The summed E-state index contributed by atoms with van der Waals surface area (Å²) in [5.74, 6) is 0.595. The lowest BCUT2D eigenvalue weighted by Crippen LogP contribution is -2.66. The highest BCUT2D eigenvalue weighted by atomic mass is 16.5. The molecule has 0 aliphatic carbocycles. The summed E-state index contributed by atoms with van der Waals surface area (Å²) in [6, 6.07) is 0.781. The van der Waals surface area contributed by atoms with Gasteiger partial charge in [-0.05, 0) is 19.4 Å². The molecule has 14 heavy (non-hydrogen) atoms. The van der Waals surface area contributed by atoms with E-state index in [2.05, 4.69) is 10.2 Å². The van der Waals surface area contributed by atoms with E-state index >= 15 is 0 Å². The van der Waals surface area contributed by atoms with Gasteiger partial charge in [0.1, 0.15) is 0 Å². The third-order valence-electron chi connectivity index (χ3n) is 3.62. The van der Waals surface area contributed by atoms with Gasteiger partial charge < -0.3 is 15.0 Å². The molecular formula is C10H16N2O2. The van der Waals surface area contributed by atoms with Crippen molar-refractivity contribution in [1.29, 1.82) is 0 Å². The molecule has 1 N–H and O–H groups in total. The molecule has 0 aromatic rings. The Morgan fingerprint density at radius 3 is 2.71 bits per heavy atom. The molecule has 3 aliphatic heterocycles. The lowest BCUT2D eigenvalue weighted by Gasteiger charge is -2.53. The largest absolute Gasteiger partial charge is 0.377 e. The number of amides is 1. The van der Waals surface area contributed by atoms with E-state index in [1.807, 2.05) is 0 Å². The van der Waals surface area contributed by atoms with Crippen LogP contribution in [0.5, 0.6) is 0 Å². The summed E-state index contributed by atoms with van der Waals surface area (Å²) in [7, 11) is 0. The lowest BCUT2D eigenvalue weighted by atomic mass is 9.89. The van der Waals surface area contributed by atoms with Crippen LogP contribution in [-0.2, 0) is 9.53 Å². The Kier molecular flexibility index (Phi) is 1.99. The van der Waals surface area contributed by atoms with Gasteiger partial charge in [0.2, 0.25) is 5.91 Å². The summed E-state index contributed by atoms with van der Waals surface area (Å²) in [5.41, 5.74) is 0. The molecule has 0 saturated carbocycles. The number of nitrogens with one attached hydrogen (secondary N) is 1. The molecule has 3 heterocycles. The molecule has 0 aromatic heterocycles. The smallest absolute Gasteiger partial charge is 0.227 e. The zero-order valence-electron chi connectivity index (χ0n) is 8.24. The van der Waals surface area contributed by atoms with Gasteiger partial charge in [-0.2, -0.15) is 0 Å². The molecule has 3 fully saturated rings. The molecule has 0 aromatic carbocycles. The zero-order chi connectivity index (χ0) is 9.54. The summed E-state index contributed by atoms with van der Waals surface area (Å²) >= 11 is 0. The summed E-state index contributed by atoms with van der Waals surface area (Å²) in [6.07, 6.45) is 2.17. The van der Waals surface area contributed by atoms with Gasteiger partial charge in [-0.1, -0.05) is 0 Å². The summed E-state index contributed by atoms with van der Waals surface area (Å²) in [4.78, 5) is 14.1. The summed E-state index contributed by atoms with van der Waals surface area (Å²) in [5, 5.41) is 3.24. The van der Waals surface area contributed by atoms with Crippen molar-refractivity contribution >= 4 is 5.91 Å². The van der Waals surface area contributed by atoms with Gasteiger partial charge in [0.15, 0.2) is 0 Å². The molecule has 3 saturated heterocycles. The van der Waals surface area contributed by atoms with Gasteiger partial charge in [-0.25, -0.2) is 0 Å². The number of carbonyl (C=O) groups is 1. The number of morpholine rings is 1. The van der Waals surface area contributed by atoms with E-state index < -0.39 is 0 Å². The normalized spacial score (nSPS) is 40.9. The Labute approximate surface area is 83.6 Å². The highest BCUT2D eigenvalue weighted by molar-refractivity contribution is 5.81. The number of rotatable bonds is 1. The topological polar surface area (TPSA) is 41.6 Å². The van der Waals surface area contributed by atoms with Gasteiger partial charge in [0.05, 0.1) is 31.2 Å². The van der Waals surface area contributed by atoms with Gasteiger partial charge in [-0.3, -0.25) is 4.79 Å². The number of carbonyl (C=O) groups excluding carboxylic acids is 1. The van der Waals surface area contributed by atoms with Crippen molar-refractivity contribution in [3.05, 3.63) is 0 Å². The minimum absolute atomic E-state index is 0.235. The molecule has 4 heteroatoms. The van der Waals surface area contributed by atoms with Crippen LogP contribution in [0.3, 0.4) is 0 Å². The van der Waals surface area contributed by atoms with Gasteiger partial charge in [-0.15, -0.1) is 0 Å². The van der Waals surface area contributed by atoms with Crippen molar-refractivity contribution in [2.24, 2.45) is 5.92 Å². The van der Waals surface area contributed by atoms with E-state index in [-0.39, 0.29) is 5.92 Å². The maximum atomic E-state index is 12.1. The van der Waals surface area contributed by atoms with E-state index in [1.165, 1.54) is 0 Å². The highest BCUT2D eigenvalue weighted by Gasteiger charge is 2.46. The van der Waals surface area contributed by atoms with E-state index in [0.29, 0.717) is 18.0 Å². The molecule has 3 aliphatic rings. The van der Waals surface area contributed by atoms with Crippen LogP contribution in [0.25, 0.3) is 0 Å². The Bertz CT molecular complexity index is 237. The van der Waals surface area contributed by atoms with E-state index in [1.54, 1.807) is 0 Å². The average molecular weight is 196 g/mol. The second kappa shape index (κ2) is 3.21. The molecule has 0 spiro atoms. The van der Waals surface area contributed by atoms with Gasteiger partial charge in [0.25, 0.3) is 0 Å². The average Bonchev–Trinajstić information content (AvgIpc) is 2.71. The quantitative estimate of drug-likeness (QED) is 0.620. The lowest BCUT2D eigenvalue weighted by molar-refractivity contribution is -0.171. The first-order valence-electron chi connectivity index (χ1n) is 5.47. The number of hydrogen-bond acceptors (Lipinski definition) is 3. The summed E-state index contributed by atoms with van der Waals surface area (Å²) < 4.78 is 5.37. The Balaban J connectivity index is 1.67. The molecule has 0 unspecified atom stereocenters. The first-order chi connectivity index (χ1) is 6.86. The SMILES string of the molecule is O=C([C@@H]1CCNC1)N1[C@H]2COC[C@H]1C2. The molecule has 2 bridgehead atoms. The number of fused-ring (bicyclic) bond motifs is 2. The van der Waals surface area contributed by atoms with Crippen molar-refractivity contribution in [3.8, 4) is 0 Å². The van der Waals surface area contributed by atoms with Crippen molar-refractivity contribution in [1.82, 2.24) is 10.2 Å². The standard InChI is InChI=1S/C10H16N2O2/c13-10(7-1-2-11-4-7)12-8-3-9(12)6-14-5-8/h7-9,11H,1-6H2/t7-,8-,9-/m1/s1. The third-order valence-corrected chi connectivity index (χ3v) is 3.62. The van der Waals surface area contributed by atoms with E-state index in [4.69, 9.17) is 4.74 Å². The second-order valence-electron chi connectivity index (χ2n) is 4.52. The van der Waals surface area contributed by atoms with Crippen LogP contribution < -0.4 is 5.32 Å². The minimum Gasteiger partial charge on any atom is -0.377 e. The fraction of sp³-hybridized carbons (Fsp3) is 0.900. The van der Waals surface area contributed by atoms with Crippen LogP contribution in [0.15, 0.2) is 0 Å². The van der Waals surface area contributed by atoms with Gasteiger partial charge in [0, 0.05) is 6.54 Å². The molecule has 3 atom stereocenters. The number of ether oxygens (including phenoxy) is 1. The predicted molar refractivity (Wildman–Crippen MR) is 50.8 cm³/mol. The van der Waals surface area contributed by atoms with Crippen LogP contribution in [0.2, 0.25) is 0 Å². The first kappa shape index (κ1) is 8.68. The van der Waals surface area contributed by atoms with Crippen LogP contribution in [-0.4, -0.2) is 49.2 Å². The van der Waals surface area contributed by atoms with Gasteiger partial charge >= 0.3 is 0 Å². The summed E-state index contributed by atoms with van der Waals surface area (Å²) in [6.45, 7) is 3.37. The second-order valence-corrected chi connectivity index (χ2v) is 4.52. The van der Waals surface area contributed by atoms with Crippen LogP contribution in [0.4, 0.5) is 0 Å².